The third-order valence-electron chi connectivity index (χ3n) is 3.69. The van der Waals surface area contributed by atoms with E-state index < -0.39 is 29.9 Å². The van der Waals surface area contributed by atoms with Crippen LogP contribution in [0.2, 0.25) is 5.02 Å². The SMILES string of the molecule is COC(=O)C(C)(CO)CNC(=O)[C@H](N)Cc1ccc(OC)c(Cl)c1.Cl. The van der Waals surface area contributed by atoms with Crippen LogP contribution in [-0.4, -0.2) is 50.4 Å². The van der Waals surface area contributed by atoms with Gasteiger partial charge in [-0.15, -0.1) is 12.4 Å². The fraction of sp³-hybridized carbons (Fsp3) is 0.500. The van der Waals surface area contributed by atoms with Crippen molar-refractivity contribution in [3.05, 3.63) is 28.8 Å². The summed E-state index contributed by atoms with van der Waals surface area (Å²) in [6.45, 7) is 0.962. The summed E-state index contributed by atoms with van der Waals surface area (Å²) >= 11 is 6.04. The van der Waals surface area contributed by atoms with Gasteiger partial charge >= 0.3 is 5.97 Å². The first-order valence-corrected chi connectivity index (χ1v) is 7.70. The smallest absolute Gasteiger partial charge is 0.315 e. The maximum atomic E-state index is 12.1. The van der Waals surface area contributed by atoms with Gasteiger partial charge < -0.3 is 25.6 Å². The van der Waals surface area contributed by atoms with Crippen molar-refractivity contribution >= 4 is 35.9 Å². The Morgan fingerprint density at radius 3 is 2.52 bits per heavy atom. The minimum absolute atomic E-state index is 0. The zero-order chi connectivity index (χ0) is 18.3. The molecule has 0 fully saturated rings. The minimum atomic E-state index is -1.21. The number of aliphatic hydroxyl groups excluding tert-OH is 1. The van der Waals surface area contributed by atoms with E-state index in [-0.39, 0.29) is 25.4 Å². The predicted octanol–water partition coefficient (Wildman–Crippen LogP) is 0.928. The quantitative estimate of drug-likeness (QED) is 0.565. The molecule has 0 radical (unpaired) electrons. The van der Waals surface area contributed by atoms with Crippen LogP contribution in [0.25, 0.3) is 0 Å². The number of nitrogens with two attached hydrogens (primary N) is 1. The summed E-state index contributed by atoms with van der Waals surface area (Å²) in [6.07, 6.45) is 0.267. The van der Waals surface area contributed by atoms with Gasteiger partial charge in [0.2, 0.25) is 5.91 Å². The zero-order valence-electron chi connectivity index (χ0n) is 14.4. The molecule has 0 aliphatic rings. The van der Waals surface area contributed by atoms with Crippen molar-refractivity contribution in [2.45, 2.75) is 19.4 Å². The standard InChI is InChI=1S/C16H23ClN2O5.ClH/c1-16(9-20,15(22)24-3)8-19-14(21)12(18)7-10-4-5-13(23-2)11(17)6-10;/h4-6,12,20H,7-9,18H2,1-3H3,(H,19,21);1H/t12-,16?;/m1./s1. The second-order valence-corrected chi connectivity index (χ2v) is 6.11. The lowest BCUT2D eigenvalue weighted by Gasteiger charge is -2.25. The molecule has 0 spiro atoms. The number of hydrogen-bond donors (Lipinski definition) is 3. The number of benzene rings is 1. The molecule has 0 saturated heterocycles. The highest BCUT2D eigenvalue weighted by atomic mass is 35.5. The molecule has 142 valence electrons. The lowest BCUT2D eigenvalue weighted by molar-refractivity contribution is -0.154. The summed E-state index contributed by atoms with van der Waals surface area (Å²) in [5.41, 5.74) is 5.45. The molecule has 25 heavy (non-hydrogen) atoms. The Morgan fingerprint density at radius 1 is 1.40 bits per heavy atom. The van der Waals surface area contributed by atoms with Crippen LogP contribution < -0.4 is 15.8 Å². The second kappa shape index (κ2) is 10.5. The summed E-state index contributed by atoms with van der Waals surface area (Å²) in [5, 5.41) is 12.3. The van der Waals surface area contributed by atoms with E-state index in [0.717, 1.165) is 5.56 Å². The van der Waals surface area contributed by atoms with E-state index in [4.69, 9.17) is 22.1 Å². The fourth-order valence-electron chi connectivity index (χ4n) is 2.04. The summed E-state index contributed by atoms with van der Waals surface area (Å²) in [7, 11) is 2.73. The number of hydrogen-bond acceptors (Lipinski definition) is 6. The van der Waals surface area contributed by atoms with Crippen LogP contribution in [0.15, 0.2) is 18.2 Å². The Hall–Kier alpha value is -1.54. The summed E-state index contributed by atoms with van der Waals surface area (Å²) < 4.78 is 9.69. The van der Waals surface area contributed by atoms with Crippen molar-refractivity contribution < 1.29 is 24.2 Å². The van der Waals surface area contributed by atoms with E-state index >= 15 is 0 Å². The Balaban J connectivity index is 0.00000576. The van der Waals surface area contributed by atoms with Gasteiger partial charge in [-0.05, 0) is 31.0 Å². The van der Waals surface area contributed by atoms with Crippen LogP contribution in [0.1, 0.15) is 12.5 Å². The van der Waals surface area contributed by atoms with Crippen LogP contribution in [0, 0.1) is 5.41 Å². The molecule has 0 bridgehead atoms. The Morgan fingerprint density at radius 2 is 2.04 bits per heavy atom. The fourth-order valence-corrected chi connectivity index (χ4v) is 2.32. The highest BCUT2D eigenvalue weighted by molar-refractivity contribution is 6.32. The molecule has 1 aromatic carbocycles. The third kappa shape index (κ3) is 6.36. The molecule has 1 aromatic rings. The number of aliphatic hydroxyl groups is 1. The molecule has 0 heterocycles. The number of carbonyl (C=O) groups excluding carboxylic acids is 2. The second-order valence-electron chi connectivity index (χ2n) is 5.71. The van der Waals surface area contributed by atoms with Gasteiger partial charge in [0.25, 0.3) is 0 Å². The van der Waals surface area contributed by atoms with E-state index in [1.54, 1.807) is 18.2 Å². The average Bonchev–Trinajstić information content (AvgIpc) is 2.58. The van der Waals surface area contributed by atoms with Crippen molar-refractivity contribution in [3.8, 4) is 5.75 Å². The molecular weight excluding hydrogens is 371 g/mol. The number of methoxy groups -OCH3 is 2. The molecule has 9 heteroatoms. The average molecular weight is 395 g/mol. The van der Waals surface area contributed by atoms with Gasteiger partial charge in [0, 0.05) is 6.54 Å². The molecule has 1 rings (SSSR count). The zero-order valence-corrected chi connectivity index (χ0v) is 15.9. The number of rotatable bonds is 8. The van der Waals surface area contributed by atoms with Crippen LogP contribution in [0.3, 0.4) is 0 Å². The summed E-state index contributed by atoms with van der Waals surface area (Å²) in [6, 6.07) is 4.32. The number of esters is 1. The Labute approximate surface area is 158 Å². The predicted molar refractivity (Wildman–Crippen MR) is 97.1 cm³/mol. The van der Waals surface area contributed by atoms with Gasteiger partial charge in [-0.2, -0.15) is 0 Å². The van der Waals surface area contributed by atoms with Crippen LogP contribution >= 0.6 is 24.0 Å². The van der Waals surface area contributed by atoms with Gasteiger partial charge in [0.1, 0.15) is 11.2 Å². The van der Waals surface area contributed by atoms with Gasteiger partial charge in [-0.3, -0.25) is 9.59 Å². The molecule has 0 aromatic heterocycles. The highest BCUT2D eigenvalue weighted by Crippen LogP contribution is 2.25. The molecule has 1 amide bonds. The monoisotopic (exact) mass is 394 g/mol. The van der Waals surface area contributed by atoms with E-state index in [1.165, 1.54) is 21.1 Å². The lowest BCUT2D eigenvalue weighted by Crippen LogP contribution is -2.49. The minimum Gasteiger partial charge on any atom is -0.495 e. The number of carbonyl (C=O) groups is 2. The summed E-state index contributed by atoms with van der Waals surface area (Å²) in [4.78, 5) is 23.7. The lowest BCUT2D eigenvalue weighted by atomic mass is 9.91. The van der Waals surface area contributed by atoms with Crippen LogP contribution in [0.5, 0.6) is 5.75 Å². The third-order valence-corrected chi connectivity index (χ3v) is 3.98. The van der Waals surface area contributed by atoms with Crippen molar-refractivity contribution in [2.24, 2.45) is 11.1 Å². The van der Waals surface area contributed by atoms with Crippen molar-refractivity contribution in [2.75, 3.05) is 27.4 Å². The number of halogens is 2. The van der Waals surface area contributed by atoms with Crippen LogP contribution in [-0.2, 0) is 20.7 Å². The largest absolute Gasteiger partial charge is 0.495 e. The molecular formula is C16H24Cl2N2O5. The first-order chi connectivity index (χ1) is 11.3. The topological polar surface area (TPSA) is 111 Å². The van der Waals surface area contributed by atoms with Crippen molar-refractivity contribution in [1.82, 2.24) is 5.32 Å². The Kier molecular flexibility index (Phi) is 9.81. The van der Waals surface area contributed by atoms with Crippen LogP contribution in [0.4, 0.5) is 0 Å². The van der Waals surface area contributed by atoms with Gasteiger partial charge in [-0.1, -0.05) is 17.7 Å². The van der Waals surface area contributed by atoms with E-state index in [0.29, 0.717) is 10.8 Å². The van der Waals surface area contributed by atoms with Crippen molar-refractivity contribution in [3.63, 3.8) is 0 Å². The van der Waals surface area contributed by atoms with Crippen molar-refractivity contribution in [1.29, 1.82) is 0 Å². The van der Waals surface area contributed by atoms with E-state index in [9.17, 15) is 14.7 Å². The maximum absolute atomic E-state index is 12.1. The highest BCUT2D eigenvalue weighted by Gasteiger charge is 2.34. The first kappa shape index (κ1) is 23.5. The number of amides is 1. The molecule has 7 nitrogen and oxygen atoms in total. The van der Waals surface area contributed by atoms with Gasteiger partial charge in [-0.25, -0.2) is 0 Å². The summed E-state index contributed by atoms with van der Waals surface area (Å²) in [5.74, 6) is -0.512. The molecule has 0 aliphatic carbocycles. The molecule has 2 atom stereocenters. The van der Waals surface area contributed by atoms with E-state index in [1.807, 2.05) is 0 Å². The Bertz CT molecular complexity index is 600. The molecule has 4 N–H and O–H groups in total. The number of ether oxygens (including phenoxy) is 2. The van der Waals surface area contributed by atoms with Gasteiger partial charge in [0.05, 0.1) is 31.9 Å². The maximum Gasteiger partial charge on any atom is 0.315 e. The molecule has 0 aliphatic heterocycles. The normalized spacial score (nSPS) is 13.8. The molecule has 0 saturated carbocycles. The van der Waals surface area contributed by atoms with E-state index in [2.05, 4.69) is 10.1 Å². The number of nitrogens with one attached hydrogen (secondary N) is 1. The molecule has 1 unspecified atom stereocenters. The first-order valence-electron chi connectivity index (χ1n) is 7.32. The van der Waals surface area contributed by atoms with Gasteiger partial charge in [0.15, 0.2) is 0 Å².